The second-order valence-electron chi connectivity index (χ2n) is 10.2. The fraction of sp³-hybridized carbons (Fsp3) is 0.423. The molecule has 1 fully saturated rings. The first kappa shape index (κ1) is 23.9. The summed E-state index contributed by atoms with van der Waals surface area (Å²) in [4.78, 5) is 23.2. The maximum absolute atomic E-state index is 12.3. The Morgan fingerprint density at radius 3 is 2.72 bits per heavy atom. The number of hydrogen-bond acceptors (Lipinski definition) is 8. The van der Waals surface area contributed by atoms with Crippen molar-refractivity contribution in [2.45, 2.75) is 45.3 Å². The molecule has 0 unspecified atom stereocenters. The number of hydrazine groups is 1. The van der Waals surface area contributed by atoms with Crippen LogP contribution >= 0.6 is 0 Å². The molecule has 0 bridgehead atoms. The maximum Gasteiger partial charge on any atom is 0.410 e. The number of nitrogens with zero attached hydrogens (tertiary/aromatic N) is 5. The highest BCUT2D eigenvalue weighted by molar-refractivity contribution is 5.75. The fourth-order valence-electron chi connectivity index (χ4n) is 4.40. The van der Waals surface area contributed by atoms with E-state index in [0.29, 0.717) is 18.9 Å². The quantitative estimate of drug-likeness (QED) is 0.552. The van der Waals surface area contributed by atoms with E-state index in [9.17, 15) is 4.79 Å². The van der Waals surface area contributed by atoms with Gasteiger partial charge in [0.05, 0.1) is 11.9 Å². The van der Waals surface area contributed by atoms with E-state index in [1.54, 1.807) is 11.1 Å². The zero-order valence-corrected chi connectivity index (χ0v) is 21.2. The van der Waals surface area contributed by atoms with Crippen LogP contribution in [0.15, 0.2) is 49.1 Å². The molecule has 2 aromatic heterocycles. The lowest BCUT2D eigenvalue weighted by Gasteiger charge is -2.33. The molecule has 36 heavy (non-hydrogen) atoms. The molecule has 2 N–H and O–H groups in total. The van der Waals surface area contributed by atoms with Crippen LogP contribution in [-0.2, 0) is 4.74 Å². The highest BCUT2D eigenvalue weighted by atomic mass is 16.6. The number of aromatic nitrogens is 3. The Balaban J connectivity index is 1.23. The summed E-state index contributed by atoms with van der Waals surface area (Å²) in [7, 11) is 1.98. The minimum atomic E-state index is -0.489. The number of hydrogen-bond donors (Lipinski definition) is 2. The van der Waals surface area contributed by atoms with Crippen LogP contribution in [-0.4, -0.2) is 68.8 Å². The Bertz CT molecular complexity index is 1270. The molecule has 0 saturated carbocycles. The number of nitrogens with one attached hydrogen (secondary N) is 2. The number of carbonyl (C=O) groups is 1. The van der Waals surface area contributed by atoms with Gasteiger partial charge in [-0.25, -0.2) is 20.2 Å². The Morgan fingerprint density at radius 2 is 2.00 bits per heavy atom. The molecule has 10 nitrogen and oxygen atoms in total. The molecule has 0 spiro atoms. The van der Waals surface area contributed by atoms with Crippen LogP contribution in [0.3, 0.4) is 0 Å². The number of ether oxygens (including phenoxy) is 2. The first-order valence-corrected chi connectivity index (χ1v) is 12.3. The van der Waals surface area contributed by atoms with Gasteiger partial charge < -0.3 is 24.7 Å². The van der Waals surface area contributed by atoms with Gasteiger partial charge in [-0.1, -0.05) is 6.07 Å². The van der Waals surface area contributed by atoms with Gasteiger partial charge in [0.2, 0.25) is 0 Å². The van der Waals surface area contributed by atoms with Crippen molar-refractivity contribution in [2.75, 3.05) is 32.0 Å². The topological polar surface area (TPSA) is 96.3 Å². The van der Waals surface area contributed by atoms with Crippen LogP contribution in [0, 0.1) is 0 Å². The van der Waals surface area contributed by atoms with Crippen molar-refractivity contribution < 1.29 is 14.3 Å². The first-order valence-electron chi connectivity index (χ1n) is 12.3. The van der Waals surface area contributed by atoms with Crippen molar-refractivity contribution in [3.63, 3.8) is 0 Å². The van der Waals surface area contributed by atoms with Crippen molar-refractivity contribution >= 4 is 28.8 Å². The zero-order valence-electron chi connectivity index (χ0n) is 21.2. The summed E-state index contributed by atoms with van der Waals surface area (Å²) in [5.41, 5.74) is 6.58. The minimum Gasteiger partial charge on any atom is -0.490 e. The lowest BCUT2D eigenvalue weighted by atomic mass is 10.1. The van der Waals surface area contributed by atoms with Crippen molar-refractivity contribution in [3.8, 4) is 5.75 Å². The van der Waals surface area contributed by atoms with E-state index in [4.69, 9.17) is 9.47 Å². The summed E-state index contributed by atoms with van der Waals surface area (Å²) in [6.45, 7) is 7.64. The molecule has 4 heterocycles. The molecule has 1 aromatic carbocycles. The third kappa shape index (κ3) is 5.38. The summed E-state index contributed by atoms with van der Waals surface area (Å²) in [6, 6.07) is 7.84. The van der Waals surface area contributed by atoms with Crippen LogP contribution < -0.4 is 15.5 Å². The second kappa shape index (κ2) is 9.69. The summed E-state index contributed by atoms with van der Waals surface area (Å²) >= 11 is 0. The molecular weight excluding hydrogens is 458 g/mol. The van der Waals surface area contributed by atoms with Crippen LogP contribution in [0.1, 0.15) is 39.3 Å². The summed E-state index contributed by atoms with van der Waals surface area (Å²) in [5, 5.41) is 5.34. The largest absolute Gasteiger partial charge is 0.490 e. The van der Waals surface area contributed by atoms with E-state index >= 15 is 0 Å². The number of benzene rings is 1. The zero-order chi connectivity index (χ0) is 25.3. The molecule has 190 valence electrons. The average Bonchev–Trinajstić information content (AvgIpc) is 3.45. The SMILES string of the molecule is CN1C=C(c2cnc3c(Nc4cccc(OC5CCN(C(=O)OC(C)(C)C)CC5)c4)nccn23)CN1. The Hall–Kier alpha value is -3.79. The molecule has 0 aliphatic carbocycles. The van der Waals surface area contributed by atoms with Gasteiger partial charge >= 0.3 is 6.09 Å². The molecule has 0 radical (unpaired) electrons. The van der Waals surface area contributed by atoms with Crippen LogP contribution in [0.2, 0.25) is 0 Å². The Kier molecular flexibility index (Phi) is 6.44. The third-order valence-corrected chi connectivity index (χ3v) is 6.12. The monoisotopic (exact) mass is 491 g/mol. The lowest BCUT2D eigenvalue weighted by Crippen LogP contribution is -2.44. The predicted molar refractivity (Wildman–Crippen MR) is 138 cm³/mol. The minimum absolute atomic E-state index is 0.0433. The smallest absolute Gasteiger partial charge is 0.410 e. The van der Waals surface area contributed by atoms with E-state index in [1.165, 1.54) is 0 Å². The maximum atomic E-state index is 12.3. The number of likely N-dealkylation sites (tertiary alicyclic amines) is 1. The molecule has 2 aliphatic rings. The second-order valence-corrected chi connectivity index (χ2v) is 10.2. The van der Waals surface area contributed by atoms with Crippen molar-refractivity contribution in [2.24, 2.45) is 0 Å². The molecule has 3 aromatic rings. The number of imidazole rings is 1. The number of carbonyl (C=O) groups excluding carboxylic acids is 1. The molecule has 0 atom stereocenters. The molecule has 1 amide bonds. The molecule has 1 saturated heterocycles. The van der Waals surface area contributed by atoms with Crippen molar-refractivity contribution in [1.82, 2.24) is 29.7 Å². The summed E-state index contributed by atoms with van der Waals surface area (Å²) in [5.74, 6) is 1.45. The van der Waals surface area contributed by atoms with Crippen molar-refractivity contribution in [3.05, 3.63) is 54.7 Å². The van der Waals surface area contributed by atoms with Gasteiger partial charge in [0.25, 0.3) is 0 Å². The highest BCUT2D eigenvalue weighted by Crippen LogP contribution is 2.27. The standard InChI is InChI=1S/C26H33N7O3/c1-26(2,3)36-25(34)32-11-8-20(9-12-32)35-21-7-5-6-19(14-21)30-23-24-28-16-22(33(24)13-10-27-23)18-15-29-31(4)17-18/h5-7,10,13-14,16-17,20,29H,8-9,11-12,15H2,1-4H3,(H,27,30). The molecular formula is C26H33N7O3. The molecule has 2 aliphatic heterocycles. The Morgan fingerprint density at radius 1 is 1.19 bits per heavy atom. The van der Waals surface area contributed by atoms with E-state index in [-0.39, 0.29) is 12.2 Å². The average molecular weight is 492 g/mol. The summed E-state index contributed by atoms with van der Waals surface area (Å²) in [6.07, 6.45) is 8.93. The van der Waals surface area contributed by atoms with Crippen LogP contribution in [0.4, 0.5) is 16.3 Å². The number of fused-ring (bicyclic) bond motifs is 1. The predicted octanol–water partition coefficient (Wildman–Crippen LogP) is 4.04. The first-order chi connectivity index (χ1) is 17.2. The van der Waals surface area contributed by atoms with Crippen LogP contribution in [0.5, 0.6) is 5.75 Å². The fourth-order valence-corrected chi connectivity index (χ4v) is 4.40. The van der Waals surface area contributed by atoms with Gasteiger partial charge in [0, 0.05) is 75.4 Å². The van der Waals surface area contributed by atoms with Gasteiger partial charge in [0.1, 0.15) is 17.5 Å². The van der Waals surface area contributed by atoms with Gasteiger partial charge in [-0.15, -0.1) is 0 Å². The lowest BCUT2D eigenvalue weighted by molar-refractivity contribution is 0.0126. The van der Waals surface area contributed by atoms with Crippen LogP contribution in [0.25, 0.3) is 11.2 Å². The van der Waals surface area contributed by atoms with Gasteiger partial charge in [-0.2, -0.15) is 0 Å². The van der Waals surface area contributed by atoms with E-state index < -0.39 is 5.60 Å². The number of amides is 1. The van der Waals surface area contributed by atoms with Gasteiger partial charge in [0.15, 0.2) is 11.5 Å². The van der Waals surface area contributed by atoms with Gasteiger partial charge in [-0.05, 0) is 32.9 Å². The Labute approximate surface area is 210 Å². The van der Waals surface area contributed by atoms with E-state index in [2.05, 4.69) is 26.9 Å². The van der Waals surface area contributed by atoms with Gasteiger partial charge in [-0.3, -0.25) is 4.40 Å². The normalized spacial score (nSPS) is 16.8. The highest BCUT2D eigenvalue weighted by Gasteiger charge is 2.27. The van der Waals surface area contributed by atoms with Crippen molar-refractivity contribution in [1.29, 1.82) is 0 Å². The van der Waals surface area contributed by atoms with E-state index in [0.717, 1.165) is 47.7 Å². The molecule has 5 rings (SSSR count). The number of anilines is 2. The molecule has 10 heteroatoms. The number of rotatable bonds is 5. The third-order valence-electron chi connectivity index (χ3n) is 6.12. The number of piperidine rings is 1. The van der Waals surface area contributed by atoms with E-state index in [1.807, 2.05) is 73.9 Å². The summed E-state index contributed by atoms with van der Waals surface area (Å²) < 4.78 is 13.8.